The Morgan fingerprint density at radius 1 is 1.41 bits per heavy atom. The smallest absolute Gasteiger partial charge is 0.768 e. The third kappa shape index (κ3) is 4.50. The Kier molecular flexibility index (Phi) is 7.85. The second-order valence-corrected chi connectivity index (χ2v) is 3.89. The maximum atomic E-state index is 11.2. The van der Waals surface area contributed by atoms with Gasteiger partial charge in [0.15, 0.2) is 0 Å². The second-order valence-electron chi connectivity index (χ2n) is 2.98. The van der Waals surface area contributed by atoms with Gasteiger partial charge in [-0.3, -0.25) is 4.21 Å². The van der Waals surface area contributed by atoms with E-state index in [-0.39, 0.29) is 46.6 Å². The molecule has 1 unspecified atom stereocenters. The SMILES string of the molecule is COCc1ccc(C(=O)OC)cc1S(=O)[O-].[Na+]. The zero-order chi connectivity index (χ0) is 12.1. The molecule has 1 aromatic carbocycles. The van der Waals surface area contributed by atoms with E-state index < -0.39 is 17.0 Å². The Hall–Kier alpha value is -0.240. The van der Waals surface area contributed by atoms with E-state index in [0.717, 1.165) is 0 Å². The van der Waals surface area contributed by atoms with Gasteiger partial charge in [0.25, 0.3) is 0 Å². The molecule has 0 aliphatic rings. The molecule has 0 amide bonds. The minimum Gasteiger partial charge on any atom is -0.768 e. The fraction of sp³-hybridized carbons (Fsp3) is 0.300. The van der Waals surface area contributed by atoms with Crippen LogP contribution in [0, 0.1) is 0 Å². The summed E-state index contributed by atoms with van der Waals surface area (Å²) < 4.78 is 31.3. The number of ether oxygens (including phenoxy) is 2. The summed E-state index contributed by atoms with van der Waals surface area (Å²) in [6.45, 7) is 0.171. The Morgan fingerprint density at radius 3 is 2.53 bits per heavy atom. The van der Waals surface area contributed by atoms with Crippen LogP contribution < -0.4 is 29.6 Å². The largest absolute Gasteiger partial charge is 1.00 e. The van der Waals surface area contributed by atoms with E-state index in [1.54, 1.807) is 0 Å². The number of carbonyl (C=O) groups excluding carboxylic acids is 1. The standard InChI is InChI=1S/C10H12O5S.Na/c1-14-6-8-4-3-7(10(11)15-2)5-9(8)16(12)13;/h3-5H,6H2,1-2H3,(H,12,13);/q;+1/p-1. The van der Waals surface area contributed by atoms with E-state index in [1.165, 1.54) is 32.4 Å². The molecule has 0 bridgehead atoms. The molecule has 0 spiro atoms. The van der Waals surface area contributed by atoms with E-state index >= 15 is 0 Å². The van der Waals surface area contributed by atoms with Crippen molar-refractivity contribution < 1.29 is 52.6 Å². The zero-order valence-corrected chi connectivity index (χ0v) is 12.7. The molecule has 0 aliphatic heterocycles. The number of hydrogen-bond acceptors (Lipinski definition) is 5. The van der Waals surface area contributed by atoms with Crippen molar-refractivity contribution in [1.29, 1.82) is 0 Å². The number of methoxy groups -OCH3 is 2. The van der Waals surface area contributed by atoms with E-state index in [2.05, 4.69) is 4.74 Å². The molecule has 0 aliphatic carbocycles. The third-order valence-electron chi connectivity index (χ3n) is 1.97. The molecule has 0 saturated heterocycles. The first-order valence-electron chi connectivity index (χ1n) is 4.39. The molecule has 0 aromatic heterocycles. The molecule has 0 N–H and O–H groups in total. The second kappa shape index (κ2) is 7.97. The fourth-order valence-corrected chi connectivity index (χ4v) is 1.79. The average molecular weight is 266 g/mol. The van der Waals surface area contributed by atoms with Crippen molar-refractivity contribution in [1.82, 2.24) is 0 Å². The number of rotatable bonds is 4. The van der Waals surface area contributed by atoms with Crippen molar-refractivity contribution >= 4 is 17.0 Å². The summed E-state index contributed by atoms with van der Waals surface area (Å²) in [5.41, 5.74) is 0.699. The molecule has 0 heterocycles. The van der Waals surface area contributed by atoms with E-state index in [1.807, 2.05) is 0 Å². The fourth-order valence-electron chi connectivity index (χ4n) is 1.23. The minimum absolute atomic E-state index is 0. The first kappa shape index (κ1) is 16.8. The van der Waals surface area contributed by atoms with Gasteiger partial charge in [0.05, 0.1) is 19.3 Å². The Balaban J connectivity index is 0.00000256. The molecule has 17 heavy (non-hydrogen) atoms. The van der Waals surface area contributed by atoms with Crippen LogP contribution in [0.3, 0.4) is 0 Å². The maximum absolute atomic E-state index is 11.2. The van der Waals surface area contributed by atoms with Crippen molar-refractivity contribution in [2.24, 2.45) is 0 Å². The van der Waals surface area contributed by atoms with E-state index in [9.17, 15) is 13.6 Å². The van der Waals surface area contributed by atoms with Gasteiger partial charge < -0.3 is 14.0 Å². The molecule has 1 rings (SSSR count). The van der Waals surface area contributed by atoms with Gasteiger partial charge in [-0.2, -0.15) is 0 Å². The van der Waals surface area contributed by atoms with Crippen molar-refractivity contribution in [3.8, 4) is 0 Å². The first-order chi connectivity index (χ1) is 7.60. The number of benzene rings is 1. The maximum Gasteiger partial charge on any atom is 1.00 e. The van der Waals surface area contributed by atoms with E-state index in [0.29, 0.717) is 5.56 Å². The van der Waals surface area contributed by atoms with Crippen LogP contribution in [0.2, 0.25) is 0 Å². The van der Waals surface area contributed by atoms with Gasteiger partial charge in [-0.1, -0.05) is 6.07 Å². The van der Waals surface area contributed by atoms with Crippen LogP contribution in [0.4, 0.5) is 0 Å². The van der Waals surface area contributed by atoms with Crippen LogP contribution in [-0.2, 0) is 27.2 Å². The molecule has 0 saturated carbocycles. The molecule has 0 radical (unpaired) electrons. The molecular formula is C10H11NaO5S. The van der Waals surface area contributed by atoms with Crippen LogP contribution in [0.5, 0.6) is 0 Å². The van der Waals surface area contributed by atoms with Crippen LogP contribution in [0.1, 0.15) is 15.9 Å². The van der Waals surface area contributed by atoms with Crippen LogP contribution >= 0.6 is 0 Å². The zero-order valence-electron chi connectivity index (χ0n) is 9.89. The number of hydrogen-bond donors (Lipinski definition) is 0. The van der Waals surface area contributed by atoms with Gasteiger partial charge in [-0.15, -0.1) is 0 Å². The molecule has 1 aromatic rings. The van der Waals surface area contributed by atoms with Gasteiger partial charge in [0.1, 0.15) is 0 Å². The summed E-state index contributed by atoms with van der Waals surface area (Å²) in [6, 6.07) is 4.29. The number of esters is 1. The van der Waals surface area contributed by atoms with Crippen LogP contribution in [0.25, 0.3) is 0 Å². The summed E-state index contributed by atoms with van der Waals surface area (Å²) in [5.74, 6) is -0.573. The molecular weight excluding hydrogens is 255 g/mol. The topological polar surface area (TPSA) is 75.7 Å². The van der Waals surface area contributed by atoms with Crippen molar-refractivity contribution in [3.05, 3.63) is 29.3 Å². The summed E-state index contributed by atoms with van der Waals surface area (Å²) >= 11 is -2.41. The molecule has 88 valence electrons. The van der Waals surface area contributed by atoms with E-state index in [4.69, 9.17) is 4.74 Å². The monoisotopic (exact) mass is 266 g/mol. The first-order valence-corrected chi connectivity index (χ1v) is 5.47. The van der Waals surface area contributed by atoms with Gasteiger partial charge in [0.2, 0.25) is 0 Å². The Labute approximate surface area is 124 Å². The molecule has 7 heteroatoms. The van der Waals surface area contributed by atoms with Gasteiger partial charge in [-0.25, -0.2) is 4.79 Å². The molecule has 5 nitrogen and oxygen atoms in total. The van der Waals surface area contributed by atoms with Gasteiger partial charge >= 0.3 is 35.5 Å². The summed E-state index contributed by atoms with van der Waals surface area (Å²) in [6.07, 6.45) is 0. The van der Waals surface area contributed by atoms with Gasteiger partial charge in [0, 0.05) is 12.0 Å². The summed E-state index contributed by atoms with van der Waals surface area (Å²) in [7, 11) is 2.70. The average Bonchev–Trinajstić information content (AvgIpc) is 2.28. The third-order valence-corrected chi connectivity index (χ3v) is 2.71. The van der Waals surface area contributed by atoms with Crippen molar-refractivity contribution in [2.45, 2.75) is 11.5 Å². The van der Waals surface area contributed by atoms with Crippen LogP contribution in [-0.4, -0.2) is 29.0 Å². The Morgan fingerprint density at radius 2 is 2.06 bits per heavy atom. The molecule has 1 atom stereocenters. The Bertz CT molecular complexity index is 421. The summed E-state index contributed by atoms with van der Waals surface area (Å²) in [5, 5.41) is 0. The predicted octanol–water partition coefficient (Wildman–Crippen LogP) is -2.14. The normalized spacial score (nSPS) is 11.5. The molecule has 0 fully saturated rings. The summed E-state index contributed by atoms with van der Waals surface area (Å²) in [4.78, 5) is 11.2. The van der Waals surface area contributed by atoms with Gasteiger partial charge in [-0.05, 0) is 28.8 Å². The minimum atomic E-state index is -2.41. The van der Waals surface area contributed by atoms with Crippen LogP contribution in [0.15, 0.2) is 23.1 Å². The predicted molar refractivity (Wildman–Crippen MR) is 55.7 cm³/mol. The number of carbonyl (C=O) groups is 1. The van der Waals surface area contributed by atoms with Crippen molar-refractivity contribution in [2.75, 3.05) is 14.2 Å². The van der Waals surface area contributed by atoms with Crippen molar-refractivity contribution in [3.63, 3.8) is 0 Å². The quantitative estimate of drug-likeness (QED) is 0.353.